The molecule has 0 aliphatic heterocycles. The van der Waals surface area contributed by atoms with Crippen molar-refractivity contribution in [1.82, 2.24) is 19.9 Å². The Bertz CT molecular complexity index is 588. The van der Waals surface area contributed by atoms with Crippen LogP contribution in [0.5, 0.6) is 0 Å². The van der Waals surface area contributed by atoms with Crippen LogP contribution in [0.3, 0.4) is 0 Å². The molecule has 0 saturated heterocycles. The Balaban J connectivity index is 1.70. The zero-order valence-electron chi connectivity index (χ0n) is 11.6. The monoisotopic (exact) mass is 268 g/mol. The highest BCUT2D eigenvalue weighted by molar-refractivity contribution is 5.25. The summed E-state index contributed by atoms with van der Waals surface area (Å²) in [6.07, 6.45) is 11.1. The summed E-state index contributed by atoms with van der Waals surface area (Å²) in [6.45, 7) is 5.34. The fourth-order valence-electron chi connectivity index (χ4n) is 2.84. The van der Waals surface area contributed by atoms with Crippen molar-refractivity contribution in [2.45, 2.75) is 38.4 Å². The summed E-state index contributed by atoms with van der Waals surface area (Å²) in [7, 11) is 0. The molecule has 0 radical (unpaired) electrons. The predicted molar refractivity (Wildman–Crippen MR) is 79.2 cm³/mol. The Labute approximate surface area is 119 Å². The molecular weight excluding hydrogens is 248 g/mol. The molecule has 20 heavy (non-hydrogen) atoms. The van der Waals surface area contributed by atoms with Gasteiger partial charge in [0.05, 0.1) is 18.3 Å². The topological polar surface area (TPSA) is 42.7 Å². The second-order valence-corrected chi connectivity index (χ2v) is 5.16. The summed E-state index contributed by atoms with van der Waals surface area (Å²) < 4.78 is 2.11. The van der Waals surface area contributed by atoms with Crippen molar-refractivity contribution < 1.29 is 0 Å². The van der Waals surface area contributed by atoms with Crippen molar-refractivity contribution in [2.75, 3.05) is 0 Å². The van der Waals surface area contributed by atoms with E-state index in [1.165, 1.54) is 17.7 Å². The molecule has 4 heteroatoms. The molecule has 104 valence electrons. The summed E-state index contributed by atoms with van der Waals surface area (Å²) in [5.74, 6) is 1.05. The van der Waals surface area contributed by atoms with Crippen molar-refractivity contribution in [3.63, 3.8) is 0 Å². The molecule has 0 fully saturated rings. The van der Waals surface area contributed by atoms with E-state index < -0.39 is 0 Å². The smallest absolute Gasteiger partial charge is 0.122 e. The fourth-order valence-corrected chi connectivity index (χ4v) is 2.84. The number of allylic oxidation sites excluding steroid dienone is 1. The first-order chi connectivity index (χ1) is 9.88. The Hall–Kier alpha value is -1.94. The van der Waals surface area contributed by atoms with E-state index in [9.17, 15) is 0 Å². The van der Waals surface area contributed by atoms with Crippen LogP contribution in [-0.2, 0) is 19.5 Å². The number of hydrogen-bond acceptors (Lipinski definition) is 3. The van der Waals surface area contributed by atoms with Crippen molar-refractivity contribution in [3.05, 3.63) is 60.5 Å². The molecule has 0 spiro atoms. The standard InChI is InChI=1S/C16H20N4/c1-2-10-20-11-9-17-15(20)12-19-14-7-3-5-13-6-4-8-18-16(13)14/h2,4,6,8-9,11,14,19H,1,3,5,7,10,12H2. The van der Waals surface area contributed by atoms with Gasteiger partial charge in [-0.05, 0) is 30.9 Å². The molecule has 0 aromatic carbocycles. The van der Waals surface area contributed by atoms with Gasteiger partial charge >= 0.3 is 0 Å². The number of aryl methyl sites for hydroxylation is 1. The molecule has 0 bridgehead atoms. The van der Waals surface area contributed by atoms with Crippen molar-refractivity contribution in [3.8, 4) is 0 Å². The lowest BCUT2D eigenvalue weighted by Gasteiger charge is -2.25. The van der Waals surface area contributed by atoms with Gasteiger partial charge in [-0.15, -0.1) is 6.58 Å². The van der Waals surface area contributed by atoms with E-state index in [4.69, 9.17) is 0 Å². The van der Waals surface area contributed by atoms with E-state index >= 15 is 0 Å². The predicted octanol–water partition coefficient (Wildman–Crippen LogP) is 2.63. The van der Waals surface area contributed by atoms with Crippen molar-refractivity contribution in [1.29, 1.82) is 0 Å². The summed E-state index contributed by atoms with van der Waals surface area (Å²) in [4.78, 5) is 8.96. The number of imidazole rings is 1. The van der Waals surface area contributed by atoms with Gasteiger partial charge in [-0.2, -0.15) is 0 Å². The van der Waals surface area contributed by atoms with Crippen LogP contribution in [0.25, 0.3) is 0 Å². The summed E-state index contributed by atoms with van der Waals surface area (Å²) >= 11 is 0. The molecule has 2 aromatic rings. The van der Waals surface area contributed by atoms with Crippen molar-refractivity contribution >= 4 is 0 Å². The van der Waals surface area contributed by atoms with Crippen LogP contribution in [-0.4, -0.2) is 14.5 Å². The number of nitrogens with one attached hydrogen (secondary N) is 1. The van der Waals surface area contributed by atoms with Crippen LogP contribution in [0.1, 0.15) is 36.0 Å². The van der Waals surface area contributed by atoms with Crippen LogP contribution in [0.15, 0.2) is 43.4 Å². The van der Waals surface area contributed by atoms with E-state index in [1.807, 2.05) is 30.7 Å². The van der Waals surface area contributed by atoms with E-state index in [1.54, 1.807) is 0 Å². The van der Waals surface area contributed by atoms with Gasteiger partial charge in [-0.3, -0.25) is 4.98 Å². The molecule has 3 rings (SSSR count). The molecular formula is C16H20N4. The fraction of sp³-hybridized carbons (Fsp3) is 0.375. The zero-order valence-corrected chi connectivity index (χ0v) is 11.6. The van der Waals surface area contributed by atoms with Crippen LogP contribution < -0.4 is 5.32 Å². The maximum atomic E-state index is 4.55. The highest BCUT2D eigenvalue weighted by atomic mass is 15.1. The number of rotatable bonds is 5. The number of nitrogens with zero attached hydrogens (tertiary/aromatic N) is 3. The van der Waals surface area contributed by atoms with Gasteiger partial charge in [0.15, 0.2) is 0 Å². The summed E-state index contributed by atoms with van der Waals surface area (Å²) in [6, 6.07) is 4.56. The maximum absolute atomic E-state index is 4.55. The van der Waals surface area contributed by atoms with Gasteiger partial charge in [0, 0.05) is 25.1 Å². The molecule has 1 unspecified atom stereocenters. The molecule has 1 aliphatic carbocycles. The van der Waals surface area contributed by atoms with Crippen LogP contribution >= 0.6 is 0 Å². The maximum Gasteiger partial charge on any atom is 0.122 e. The molecule has 4 nitrogen and oxygen atoms in total. The lowest BCUT2D eigenvalue weighted by atomic mass is 9.92. The largest absolute Gasteiger partial charge is 0.330 e. The first-order valence-electron chi connectivity index (χ1n) is 7.16. The Morgan fingerprint density at radius 2 is 2.35 bits per heavy atom. The second kappa shape index (κ2) is 6.01. The van der Waals surface area contributed by atoms with E-state index in [0.717, 1.165) is 31.8 Å². The molecule has 1 N–H and O–H groups in total. The lowest BCUT2D eigenvalue weighted by molar-refractivity contribution is 0.437. The van der Waals surface area contributed by atoms with E-state index in [0.29, 0.717) is 6.04 Å². The number of pyridine rings is 1. The molecule has 2 aromatic heterocycles. The minimum Gasteiger partial charge on any atom is -0.330 e. The summed E-state index contributed by atoms with van der Waals surface area (Å²) in [5, 5.41) is 3.60. The number of aromatic nitrogens is 3. The minimum absolute atomic E-state index is 0.342. The highest BCUT2D eigenvalue weighted by Crippen LogP contribution is 2.27. The van der Waals surface area contributed by atoms with E-state index in [2.05, 4.69) is 32.5 Å². The van der Waals surface area contributed by atoms with Gasteiger partial charge in [0.1, 0.15) is 5.82 Å². The van der Waals surface area contributed by atoms with Crippen molar-refractivity contribution in [2.24, 2.45) is 0 Å². The second-order valence-electron chi connectivity index (χ2n) is 5.16. The molecule has 1 atom stereocenters. The van der Waals surface area contributed by atoms with Crippen LogP contribution in [0.2, 0.25) is 0 Å². The van der Waals surface area contributed by atoms with Gasteiger partial charge in [-0.1, -0.05) is 12.1 Å². The third kappa shape index (κ3) is 2.65. The first-order valence-corrected chi connectivity index (χ1v) is 7.16. The minimum atomic E-state index is 0.342. The van der Waals surface area contributed by atoms with Gasteiger partial charge < -0.3 is 9.88 Å². The molecule has 2 heterocycles. The van der Waals surface area contributed by atoms with E-state index in [-0.39, 0.29) is 0 Å². The zero-order chi connectivity index (χ0) is 13.8. The molecule has 0 amide bonds. The van der Waals surface area contributed by atoms with Gasteiger partial charge in [-0.25, -0.2) is 4.98 Å². The average Bonchev–Trinajstić information content (AvgIpc) is 2.93. The van der Waals surface area contributed by atoms with Gasteiger partial charge in [0.2, 0.25) is 0 Å². The average molecular weight is 268 g/mol. The lowest BCUT2D eigenvalue weighted by Crippen LogP contribution is -2.27. The van der Waals surface area contributed by atoms with Crippen LogP contribution in [0.4, 0.5) is 0 Å². The summed E-state index contributed by atoms with van der Waals surface area (Å²) in [5.41, 5.74) is 2.59. The quantitative estimate of drug-likeness (QED) is 0.848. The van der Waals surface area contributed by atoms with Gasteiger partial charge in [0.25, 0.3) is 0 Å². The Kier molecular flexibility index (Phi) is 3.92. The third-order valence-corrected chi connectivity index (χ3v) is 3.83. The first kappa shape index (κ1) is 13.1. The highest BCUT2D eigenvalue weighted by Gasteiger charge is 2.20. The molecule has 0 saturated carbocycles. The Morgan fingerprint density at radius 1 is 1.40 bits per heavy atom. The molecule has 1 aliphatic rings. The number of fused-ring (bicyclic) bond motifs is 1. The number of hydrogen-bond donors (Lipinski definition) is 1. The third-order valence-electron chi connectivity index (χ3n) is 3.83. The normalized spacial score (nSPS) is 17.7. The SMILES string of the molecule is C=CCn1ccnc1CNC1CCCc2cccnc21. The Morgan fingerprint density at radius 3 is 3.25 bits per heavy atom. The van der Waals surface area contributed by atoms with Crippen LogP contribution in [0, 0.1) is 0 Å².